The number of hydrogen-bond acceptors (Lipinski definition) is 12. The molecule has 3 aromatic heterocycles. The Morgan fingerprint density at radius 1 is 0.932 bits per heavy atom. The summed E-state index contributed by atoms with van der Waals surface area (Å²) in [5, 5.41) is 0.332. The molecule has 4 heterocycles. The van der Waals surface area contributed by atoms with Gasteiger partial charge in [0.1, 0.15) is 13.2 Å². The van der Waals surface area contributed by atoms with Crippen LogP contribution in [0, 0.1) is 19.7 Å². The lowest BCUT2D eigenvalue weighted by atomic mass is 10.0. The van der Waals surface area contributed by atoms with Crippen molar-refractivity contribution in [1.82, 2.24) is 24.3 Å². The predicted octanol–water partition coefficient (Wildman–Crippen LogP) is 5.70. The topological polar surface area (TPSA) is 138 Å². The number of carbonyl (C=O) groups is 2. The third-order valence-corrected chi connectivity index (χ3v) is 10.7. The molecule has 1 amide bonds. The average Bonchev–Trinajstić information content (AvgIpc) is 4.08. The Kier molecular flexibility index (Phi) is 15.8. The van der Waals surface area contributed by atoms with Gasteiger partial charge >= 0.3 is 5.97 Å². The fourth-order valence-electron chi connectivity index (χ4n) is 7.24. The number of fused-ring (bicyclic) bond motifs is 1. The minimum absolute atomic E-state index is 0.0414. The summed E-state index contributed by atoms with van der Waals surface area (Å²) in [5.41, 5.74) is 5.23. The normalized spacial score (nSPS) is 15.5. The molecule has 0 N–H and O–H groups in total. The molecule has 318 valence electrons. The summed E-state index contributed by atoms with van der Waals surface area (Å²) < 4.78 is 34.6. The summed E-state index contributed by atoms with van der Waals surface area (Å²) in [6.07, 6.45) is 10.1. The van der Waals surface area contributed by atoms with Crippen LogP contribution in [0.3, 0.4) is 0 Å². The molecule has 1 aromatic carbocycles. The second kappa shape index (κ2) is 21.3. The Hall–Kier alpha value is -4.96. The van der Waals surface area contributed by atoms with E-state index in [1.165, 1.54) is 11.0 Å². The maximum Gasteiger partial charge on any atom is 0.342 e. The van der Waals surface area contributed by atoms with Gasteiger partial charge < -0.3 is 28.6 Å². The van der Waals surface area contributed by atoms with Crippen molar-refractivity contribution in [3.63, 3.8) is 0 Å². The number of nitrogens with zero attached hydrogens (tertiary/aromatic N) is 6. The highest BCUT2D eigenvalue weighted by atomic mass is 19.1. The van der Waals surface area contributed by atoms with Gasteiger partial charge in [0, 0.05) is 92.5 Å². The van der Waals surface area contributed by atoms with Crippen LogP contribution in [0.5, 0.6) is 5.75 Å². The van der Waals surface area contributed by atoms with E-state index in [1.807, 2.05) is 44.6 Å². The zero-order valence-corrected chi connectivity index (χ0v) is 34.7. The third-order valence-electron chi connectivity index (χ3n) is 10.7. The van der Waals surface area contributed by atoms with E-state index in [4.69, 9.17) is 19.1 Å². The quantitative estimate of drug-likeness (QED) is 0.0547. The molecule has 1 saturated carbocycles. The van der Waals surface area contributed by atoms with E-state index in [-0.39, 0.29) is 75.0 Å². The summed E-state index contributed by atoms with van der Waals surface area (Å²) in [5.74, 6) is -1.17. The predicted molar refractivity (Wildman–Crippen MR) is 221 cm³/mol. The number of rotatable bonds is 22. The summed E-state index contributed by atoms with van der Waals surface area (Å²) in [7, 11) is 1.66. The highest BCUT2D eigenvalue weighted by Gasteiger charge is 2.30. The van der Waals surface area contributed by atoms with Gasteiger partial charge in [0.25, 0.3) is 0 Å². The summed E-state index contributed by atoms with van der Waals surface area (Å²) in [6, 6.07) is 11.6. The highest BCUT2D eigenvalue weighted by molar-refractivity contribution is 5.82. The van der Waals surface area contributed by atoms with Crippen LogP contribution in [0.4, 0.5) is 10.1 Å². The number of ether oxygens (including phenoxy) is 3. The second-order valence-electron chi connectivity index (χ2n) is 15.3. The number of benzene rings is 1. The average molecular weight is 817 g/mol. The van der Waals surface area contributed by atoms with E-state index in [9.17, 15) is 14.4 Å². The first-order valence-corrected chi connectivity index (χ1v) is 20.6. The molecular weight excluding hydrogens is 760 g/mol. The third kappa shape index (κ3) is 12.5. The molecule has 1 aliphatic heterocycles. The number of pyridine rings is 3. The number of halogens is 1. The summed E-state index contributed by atoms with van der Waals surface area (Å²) in [4.78, 5) is 62.4. The van der Waals surface area contributed by atoms with Crippen LogP contribution in [0.15, 0.2) is 59.8 Å². The van der Waals surface area contributed by atoms with Crippen LogP contribution in [0.25, 0.3) is 10.9 Å². The first kappa shape index (κ1) is 43.6. The molecule has 59 heavy (non-hydrogen) atoms. The number of carbonyl (C=O) groups excluding carboxylic acids is 2. The van der Waals surface area contributed by atoms with Crippen molar-refractivity contribution in [2.24, 2.45) is 0 Å². The van der Waals surface area contributed by atoms with Crippen molar-refractivity contribution in [2.75, 3.05) is 71.2 Å². The van der Waals surface area contributed by atoms with Gasteiger partial charge in [0.05, 0.1) is 56.8 Å². The fraction of sp³-hybridized carbons (Fsp3) is 0.523. The lowest BCUT2D eigenvalue weighted by molar-refractivity contribution is -0.276. The van der Waals surface area contributed by atoms with Gasteiger partial charge in [-0.2, -0.15) is 4.89 Å². The molecule has 1 aliphatic carbocycles. The standard InChI is InChI=1S/C44H57FN6O8/c1-5-43(53)59-58-22-21-56-20-19-55-17-13-42(52)48(4)16-18-57-41-25-40-38(24-39(41)45)44(54)34(29-51(40)35-10-11-35)28-50(27-33-12-14-46-32(3)23-33)37-7-6-15-49(30-37)36-9-8-31(2)47-26-36/h8-9,12,14,23-26,29,35,37H,5-7,10-11,13,15-22,27-28,30H2,1-4H3/t37-/m0/s1. The number of piperidine rings is 1. The molecule has 6 rings (SSSR count). The number of hydrogen-bond donors (Lipinski definition) is 0. The highest BCUT2D eigenvalue weighted by Crippen LogP contribution is 2.38. The molecule has 0 unspecified atom stereocenters. The van der Waals surface area contributed by atoms with Gasteiger partial charge in [-0.15, -0.1) is 0 Å². The number of anilines is 1. The minimum Gasteiger partial charge on any atom is -0.489 e. The Morgan fingerprint density at radius 2 is 1.73 bits per heavy atom. The van der Waals surface area contributed by atoms with Crippen LogP contribution in [0.2, 0.25) is 0 Å². The molecule has 1 atom stereocenters. The fourth-order valence-corrected chi connectivity index (χ4v) is 7.24. The van der Waals surface area contributed by atoms with Crippen LogP contribution in [0.1, 0.15) is 74.0 Å². The Balaban J connectivity index is 1.07. The van der Waals surface area contributed by atoms with Crippen molar-refractivity contribution in [3.8, 4) is 5.75 Å². The van der Waals surface area contributed by atoms with E-state index in [0.717, 1.165) is 61.4 Å². The molecule has 14 nitrogen and oxygen atoms in total. The molecule has 2 fully saturated rings. The zero-order valence-electron chi connectivity index (χ0n) is 34.7. The van der Waals surface area contributed by atoms with Gasteiger partial charge in [-0.05, 0) is 75.4 Å². The van der Waals surface area contributed by atoms with Crippen molar-refractivity contribution in [2.45, 2.75) is 84.5 Å². The maximum absolute atomic E-state index is 15.7. The van der Waals surface area contributed by atoms with Gasteiger partial charge in [-0.3, -0.25) is 29.3 Å². The van der Waals surface area contributed by atoms with E-state index in [1.54, 1.807) is 20.0 Å². The van der Waals surface area contributed by atoms with E-state index in [2.05, 4.69) is 41.4 Å². The Labute approximate surface area is 345 Å². The van der Waals surface area contributed by atoms with E-state index < -0.39 is 11.8 Å². The first-order chi connectivity index (χ1) is 28.6. The number of likely N-dealkylation sites (N-methyl/N-ethyl adjacent to an activating group) is 1. The van der Waals surface area contributed by atoms with Crippen molar-refractivity contribution >= 4 is 28.5 Å². The minimum atomic E-state index is -0.619. The number of aryl methyl sites for hydroxylation is 2. The van der Waals surface area contributed by atoms with Crippen LogP contribution in [-0.2, 0) is 41.9 Å². The largest absolute Gasteiger partial charge is 0.489 e. The van der Waals surface area contributed by atoms with Gasteiger partial charge in [0.2, 0.25) is 5.91 Å². The second-order valence-corrected chi connectivity index (χ2v) is 15.3. The number of amides is 1. The van der Waals surface area contributed by atoms with E-state index in [0.29, 0.717) is 42.8 Å². The van der Waals surface area contributed by atoms with Crippen molar-refractivity contribution in [1.29, 1.82) is 0 Å². The lowest BCUT2D eigenvalue weighted by Gasteiger charge is -2.40. The maximum atomic E-state index is 15.7. The summed E-state index contributed by atoms with van der Waals surface area (Å²) >= 11 is 0. The van der Waals surface area contributed by atoms with Crippen LogP contribution >= 0.6 is 0 Å². The van der Waals surface area contributed by atoms with Gasteiger partial charge in [-0.25, -0.2) is 9.18 Å². The van der Waals surface area contributed by atoms with Crippen LogP contribution in [-0.4, -0.2) is 109 Å². The molecule has 2 aliphatic rings. The Bertz CT molecular complexity index is 2080. The lowest BCUT2D eigenvalue weighted by Crippen LogP contribution is -2.48. The molecule has 0 bridgehead atoms. The van der Waals surface area contributed by atoms with Crippen LogP contribution < -0.4 is 15.1 Å². The van der Waals surface area contributed by atoms with E-state index >= 15 is 4.39 Å². The first-order valence-electron chi connectivity index (χ1n) is 20.6. The molecule has 4 aromatic rings. The molecule has 1 saturated heterocycles. The molecule has 0 spiro atoms. The smallest absolute Gasteiger partial charge is 0.342 e. The Morgan fingerprint density at radius 3 is 2.47 bits per heavy atom. The van der Waals surface area contributed by atoms with Gasteiger partial charge in [0.15, 0.2) is 17.0 Å². The van der Waals surface area contributed by atoms with Crippen molar-refractivity contribution < 1.29 is 38.0 Å². The zero-order chi connectivity index (χ0) is 41.7. The molecule has 0 radical (unpaired) electrons. The van der Waals surface area contributed by atoms with Crippen molar-refractivity contribution in [3.05, 3.63) is 93.5 Å². The van der Waals surface area contributed by atoms with Gasteiger partial charge in [-0.1, -0.05) is 6.92 Å². The summed E-state index contributed by atoms with van der Waals surface area (Å²) in [6.45, 7) is 9.91. The molecular formula is C44H57FN6O8. The number of aromatic nitrogens is 3. The SMILES string of the molecule is CCC(=O)OOCCOCCOCCC(=O)N(C)CCOc1cc2c(cc1F)c(=O)c(CN(Cc1ccnc(C)c1)[C@H]1CCCN(c3ccc(C)nc3)C1)cn2C1CC1. The molecule has 15 heteroatoms. The monoisotopic (exact) mass is 816 g/mol.